The number of nitrogens with zero attached hydrogens (tertiary/aromatic N) is 3. The summed E-state index contributed by atoms with van der Waals surface area (Å²) in [5.41, 5.74) is 3.99. The molecule has 0 aliphatic heterocycles. The Bertz CT molecular complexity index is 1290. The molecule has 2 aromatic heterocycles. The third-order valence-electron chi connectivity index (χ3n) is 5.85. The molecule has 5 rings (SSSR count). The average Bonchev–Trinajstić information content (AvgIpc) is 3.15. The Morgan fingerprint density at radius 2 is 1.93 bits per heavy atom. The van der Waals surface area contributed by atoms with E-state index in [2.05, 4.69) is 38.8 Å². The van der Waals surface area contributed by atoms with Crippen LogP contribution in [0.4, 0.5) is 0 Å². The lowest BCUT2D eigenvalue weighted by Crippen LogP contribution is -2.31. The minimum absolute atomic E-state index is 0.00620. The predicted molar refractivity (Wildman–Crippen MR) is 115 cm³/mol. The van der Waals surface area contributed by atoms with Gasteiger partial charge >= 0.3 is 0 Å². The van der Waals surface area contributed by atoms with Gasteiger partial charge in [0.15, 0.2) is 0 Å². The molecule has 2 aromatic carbocycles. The van der Waals surface area contributed by atoms with Gasteiger partial charge in [0, 0.05) is 29.6 Å². The molecule has 0 spiro atoms. The van der Waals surface area contributed by atoms with Gasteiger partial charge in [0.2, 0.25) is 5.91 Å². The lowest BCUT2D eigenvalue weighted by molar-refractivity contribution is -0.122. The first kappa shape index (κ1) is 18.5. The number of nitrogens with one attached hydrogen (secondary N) is 2. The SMILES string of the molecule is O=C(CCCn1nnc2ccccc2c1=O)N[C@@H]1CCCc2c1[nH]c1ccccc21. The molecule has 0 unspecified atom stereocenters. The van der Waals surface area contributed by atoms with E-state index in [1.807, 2.05) is 18.2 Å². The Balaban J connectivity index is 1.24. The van der Waals surface area contributed by atoms with Crippen molar-refractivity contribution in [2.75, 3.05) is 0 Å². The minimum atomic E-state index is -0.170. The summed E-state index contributed by atoms with van der Waals surface area (Å²) in [4.78, 5) is 28.6. The fraction of sp³-hybridized carbons (Fsp3) is 0.304. The number of rotatable bonds is 5. The number of aromatic amines is 1. The molecule has 0 radical (unpaired) electrons. The van der Waals surface area contributed by atoms with Gasteiger partial charge in [0.25, 0.3) is 5.56 Å². The number of carbonyl (C=O) groups excluding carboxylic acids is 1. The molecule has 4 aromatic rings. The molecule has 1 atom stereocenters. The normalized spacial score (nSPS) is 15.9. The van der Waals surface area contributed by atoms with Crippen molar-refractivity contribution in [1.29, 1.82) is 0 Å². The van der Waals surface area contributed by atoms with Crippen molar-refractivity contribution in [3.8, 4) is 0 Å². The molecule has 0 saturated carbocycles. The second-order valence-electron chi connectivity index (χ2n) is 7.81. The van der Waals surface area contributed by atoms with E-state index in [9.17, 15) is 9.59 Å². The van der Waals surface area contributed by atoms with E-state index < -0.39 is 0 Å². The number of H-pyrrole nitrogens is 1. The van der Waals surface area contributed by atoms with Crippen LogP contribution in [0.15, 0.2) is 53.3 Å². The maximum absolute atomic E-state index is 12.6. The standard InChI is InChI=1S/C23H23N5O2/c29-21(13-6-14-28-23(30)17-8-2-4-11-19(17)26-27-28)24-20-12-5-9-16-15-7-1-3-10-18(15)25-22(16)20/h1-4,7-8,10-11,20,25H,5-6,9,12-14H2,(H,24,29)/t20-/m1/s1. The summed E-state index contributed by atoms with van der Waals surface area (Å²) in [5, 5.41) is 13.0. The van der Waals surface area contributed by atoms with Crippen molar-refractivity contribution >= 4 is 27.7 Å². The van der Waals surface area contributed by atoms with Crippen LogP contribution in [0.5, 0.6) is 0 Å². The molecule has 152 valence electrons. The second kappa shape index (κ2) is 7.74. The fourth-order valence-electron chi connectivity index (χ4n) is 4.38. The molecule has 0 saturated heterocycles. The van der Waals surface area contributed by atoms with Crippen molar-refractivity contribution in [1.82, 2.24) is 25.3 Å². The number of benzene rings is 2. The van der Waals surface area contributed by atoms with Crippen LogP contribution in [0.1, 0.15) is 43.0 Å². The highest BCUT2D eigenvalue weighted by Gasteiger charge is 2.25. The van der Waals surface area contributed by atoms with E-state index in [0.29, 0.717) is 30.3 Å². The van der Waals surface area contributed by atoms with Gasteiger partial charge in [-0.3, -0.25) is 9.59 Å². The van der Waals surface area contributed by atoms with Crippen molar-refractivity contribution in [3.63, 3.8) is 0 Å². The molecule has 7 nitrogen and oxygen atoms in total. The number of aromatic nitrogens is 4. The number of hydrogen-bond acceptors (Lipinski definition) is 4. The predicted octanol–water partition coefficient (Wildman–Crippen LogP) is 3.25. The molecular formula is C23H23N5O2. The molecule has 0 fully saturated rings. The van der Waals surface area contributed by atoms with E-state index >= 15 is 0 Å². The van der Waals surface area contributed by atoms with E-state index in [0.717, 1.165) is 30.5 Å². The Labute approximate surface area is 173 Å². The quantitative estimate of drug-likeness (QED) is 0.537. The van der Waals surface area contributed by atoms with Crippen molar-refractivity contribution in [2.45, 2.75) is 44.7 Å². The number of carbonyl (C=O) groups is 1. The molecule has 30 heavy (non-hydrogen) atoms. The maximum Gasteiger partial charge on any atom is 0.277 e. The molecule has 2 N–H and O–H groups in total. The lowest BCUT2D eigenvalue weighted by Gasteiger charge is -2.24. The van der Waals surface area contributed by atoms with Crippen molar-refractivity contribution < 1.29 is 4.79 Å². The highest BCUT2D eigenvalue weighted by Crippen LogP contribution is 2.34. The van der Waals surface area contributed by atoms with Gasteiger partial charge in [0.05, 0.1) is 11.4 Å². The van der Waals surface area contributed by atoms with Gasteiger partial charge in [-0.25, -0.2) is 4.68 Å². The van der Waals surface area contributed by atoms with Gasteiger partial charge < -0.3 is 10.3 Å². The number of para-hydroxylation sites is 1. The number of hydrogen-bond donors (Lipinski definition) is 2. The Morgan fingerprint density at radius 3 is 2.83 bits per heavy atom. The zero-order valence-corrected chi connectivity index (χ0v) is 16.6. The summed E-state index contributed by atoms with van der Waals surface area (Å²) < 4.78 is 1.34. The Hall–Kier alpha value is -3.48. The summed E-state index contributed by atoms with van der Waals surface area (Å²) in [6.07, 6.45) is 3.90. The minimum Gasteiger partial charge on any atom is -0.356 e. The molecule has 0 bridgehead atoms. The first-order valence-electron chi connectivity index (χ1n) is 10.4. The van der Waals surface area contributed by atoms with Gasteiger partial charge in [-0.2, -0.15) is 0 Å². The molecule has 7 heteroatoms. The van der Waals surface area contributed by atoms with Gasteiger partial charge in [-0.1, -0.05) is 35.5 Å². The van der Waals surface area contributed by atoms with Crippen LogP contribution in [0.2, 0.25) is 0 Å². The summed E-state index contributed by atoms with van der Waals surface area (Å²) in [5.74, 6) is -0.00620. The van der Waals surface area contributed by atoms with E-state index in [1.54, 1.807) is 12.1 Å². The lowest BCUT2D eigenvalue weighted by atomic mass is 9.91. The van der Waals surface area contributed by atoms with Crippen LogP contribution in [0.3, 0.4) is 0 Å². The van der Waals surface area contributed by atoms with Gasteiger partial charge in [0.1, 0.15) is 5.52 Å². The molecule has 1 amide bonds. The number of fused-ring (bicyclic) bond motifs is 4. The smallest absolute Gasteiger partial charge is 0.277 e. The highest BCUT2D eigenvalue weighted by molar-refractivity contribution is 5.85. The van der Waals surface area contributed by atoms with E-state index in [1.165, 1.54) is 15.6 Å². The number of aryl methyl sites for hydroxylation is 2. The molecule has 1 aliphatic rings. The maximum atomic E-state index is 12.6. The van der Waals surface area contributed by atoms with Crippen molar-refractivity contribution in [3.05, 3.63) is 70.1 Å². The summed E-state index contributed by atoms with van der Waals surface area (Å²) in [6.45, 7) is 0.367. The summed E-state index contributed by atoms with van der Waals surface area (Å²) >= 11 is 0. The largest absolute Gasteiger partial charge is 0.356 e. The first-order valence-corrected chi connectivity index (χ1v) is 10.4. The van der Waals surface area contributed by atoms with Gasteiger partial charge in [-0.05, 0) is 49.4 Å². The van der Waals surface area contributed by atoms with Crippen LogP contribution in [-0.4, -0.2) is 25.9 Å². The summed E-state index contributed by atoms with van der Waals surface area (Å²) in [7, 11) is 0. The average molecular weight is 401 g/mol. The second-order valence-corrected chi connectivity index (χ2v) is 7.81. The van der Waals surface area contributed by atoms with Crippen LogP contribution in [0, 0.1) is 0 Å². The highest BCUT2D eigenvalue weighted by atomic mass is 16.1. The Kier molecular flexibility index (Phi) is 4.78. The topological polar surface area (TPSA) is 92.7 Å². The Morgan fingerprint density at radius 1 is 1.13 bits per heavy atom. The van der Waals surface area contributed by atoms with Gasteiger partial charge in [-0.15, -0.1) is 5.10 Å². The molecular weight excluding hydrogens is 378 g/mol. The molecule has 1 aliphatic carbocycles. The number of amides is 1. The van der Waals surface area contributed by atoms with E-state index in [-0.39, 0.29) is 17.5 Å². The first-order chi connectivity index (χ1) is 14.7. The summed E-state index contributed by atoms with van der Waals surface area (Å²) in [6, 6.07) is 15.5. The van der Waals surface area contributed by atoms with E-state index in [4.69, 9.17) is 0 Å². The third kappa shape index (κ3) is 3.36. The van der Waals surface area contributed by atoms with Crippen LogP contribution in [0.25, 0.3) is 21.8 Å². The van der Waals surface area contributed by atoms with Crippen LogP contribution < -0.4 is 10.9 Å². The zero-order chi connectivity index (χ0) is 20.5. The molecule has 2 heterocycles. The van der Waals surface area contributed by atoms with Crippen molar-refractivity contribution in [2.24, 2.45) is 0 Å². The zero-order valence-electron chi connectivity index (χ0n) is 16.6. The monoisotopic (exact) mass is 401 g/mol. The van der Waals surface area contributed by atoms with Crippen LogP contribution >= 0.6 is 0 Å². The third-order valence-corrected chi connectivity index (χ3v) is 5.85. The fourth-order valence-corrected chi connectivity index (χ4v) is 4.38. The van der Waals surface area contributed by atoms with Crippen LogP contribution in [-0.2, 0) is 17.8 Å².